The lowest BCUT2D eigenvalue weighted by atomic mass is 10.1. The van der Waals surface area contributed by atoms with Gasteiger partial charge in [0.05, 0.1) is 11.4 Å². The van der Waals surface area contributed by atoms with Gasteiger partial charge in [0.1, 0.15) is 5.56 Å². The minimum atomic E-state index is -0.690. The van der Waals surface area contributed by atoms with E-state index in [1.165, 1.54) is 0 Å². The van der Waals surface area contributed by atoms with Gasteiger partial charge in [-0.2, -0.15) is 0 Å². The maximum absolute atomic E-state index is 12.3. The molecule has 2 heterocycles. The Bertz CT molecular complexity index is 1200. The standard InChI is InChI=1S/C21H17N3O3/c1-2-13-7-9-15(10-8-13)24-20(26)17(19(25)23-21(24)27)11-14-12-22-18-6-4-3-5-16(14)18/h3-12,26H,2H2,1H3,(H,23,25,27). The Balaban J connectivity index is 1.88. The van der Waals surface area contributed by atoms with E-state index in [0.29, 0.717) is 11.3 Å². The minimum absolute atomic E-state index is 0.00678. The first kappa shape index (κ1) is 16.8. The molecular weight excluding hydrogens is 342 g/mol. The van der Waals surface area contributed by atoms with Crippen molar-refractivity contribution in [3.8, 4) is 11.6 Å². The van der Waals surface area contributed by atoms with Crippen LogP contribution < -0.4 is 11.2 Å². The highest BCUT2D eigenvalue weighted by molar-refractivity contribution is 6.21. The van der Waals surface area contributed by atoms with E-state index < -0.39 is 17.1 Å². The number of aromatic nitrogens is 2. The molecule has 6 nitrogen and oxygen atoms in total. The first-order valence-electron chi connectivity index (χ1n) is 8.61. The summed E-state index contributed by atoms with van der Waals surface area (Å²) in [5.74, 6) is -0.404. The molecule has 1 aromatic heterocycles. The maximum Gasteiger partial charge on any atom is 0.335 e. The molecule has 0 amide bonds. The maximum atomic E-state index is 12.3. The number of para-hydroxylation sites is 1. The number of aromatic hydroxyl groups is 1. The zero-order valence-corrected chi connectivity index (χ0v) is 14.6. The van der Waals surface area contributed by atoms with E-state index in [0.717, 1.165) is 27.8 Å². The smallest absolute Gasteiger partial charge is 0.335 e. The molecule has 27 heavy (non-hydrogen) atoms. The number of nitrogens with zero attached hydrogens (tertiary/aromatic N) is 2. The van der Waals surface area contributed by atoms with Gasteiger partial charge < -0.3 is 5.11 Å². The Labute approximate surface area is 154 Å². The van der Waals surface area contributed by atoms with Gasteiger partial charge in [0.2, 0.25) is 5.88 Å². The third-order valence-electron chi connectivity index (χ3n) is 4.58. The summed E-state index contributed by atoms with van der Waals surface area (Å²) >= 11 is 0. The fourth-order valence-corrected chi connectivity index (χ4v) is 3.10. The quantitative estimate of drug-likeness (QED) is 0.753. The number of H-pyrrole nitrogens is 1. The van der Waals surface area contributed by atoms with Crippen molar-refractivity contribution in [3.05, 3.63) is 86.1 Å². The third kappa shape index (κ3) is 2.91. The largest absolute Gasteiger partial charge is 0.494 e. The molecule has 0 bridgehead atoms. The molecule has 2 aromatic carbocycles. The van der Waals surface area contributed by atoms with Crippen molar-refractivity contribution < 1.29 is 5.11 Å². The Morgan fingerprint density at radius 1 is 1.11 bits per heavy atom. The molecule has 1 aliphatic rings. The third-order valence-corrected chi connectivity index (χ3v) is 4.58. The molecule has 0 saturated carbocycles. The molecule has 0 saturated heterocycles. The molecule has 0 aliphatic carbocycles. The zero-order valence-electron chi connectivity index (χ0n) is 14.6. The minimum Gasteiger partial charge on any atom is -0.494 e. The Morgan fingerprint density at radius 2 is 1.85 bits per heavy atom. The van der Waals surface area contributed by atoms with Crippen LogP contribution in [0.3, 0.4) is 0 Å². The average molecular weight is 359 g/mol. The van der Waals surface area contributed by atoms with Crippen LogP contribution in [0.1, 0.15) is 23.6 Å². The number of hydrogen-bond donors (Lipinski definition) is 2. The van der Waals surface area contributed by atoms with E-state index in [1.54, 1.807) is 24.4 Å². The fraction of sp³-hybridized carbons (Fsp3) is 0.0952. The summed E-state index contributed by atoms with van der Waals surface area (Å²) in [6.07, 6.45) is 4.04. The van der Waals surface area contributed by atoms with Gasteiger partial charge in [0, 0.05) is 17.4 Å². The molecular formula is C21H17N3O3. The molecule has 4 rings (SSSR count). The normalized spacial score (nSPS) is 13.9. The average Bonchev–Trinajstić information content (AvgIpc) is 3.08. The molecule has 0 spiro atoms. The summed E-state index contributed by atoms with van der Waals surface area (Å²) in [6.45, 7) is 2.03. The van der Waals surface area contributed by atoms with Crippen LogP contribution in [-0.4, -0.2) is 20.9 Å². The van der Waals surface area contributed by atoms with Gasteiger partial charge in [-0.1, -0.05) is 37.3 Å². The lowest BCUT2D eigenvalue weighted by Gasteiger charge is -2.10. The topological polar surface area (TPSA) is 87.4 Å². The van der Waals surface area contributed by atoms with E-state index in [-0.39, 0.29) is 5.56 Å². The van der Waals surface area contributed by atoms with Gasteiger partial charge in [0.15, 0.2) is 0 Å². The van der Waals surface area contributed by atoms with Gasteiger partial charge in [-0.3, -0.25) is 14.8 Å². The van der Waals surface area contributed by atoms with E-state index >= 15 is 0 Å². The number of aliphatic imine (C=N–C) groups is 1. The summed E-state index contributed by atoms with van der Waals surface area (Å²) in [5, 5.41) is 10.7. The van der Waals surface area contributed by atoms with Crippen molar-refractivity contribution in [2.75, 3.05) is 0 Å². The van der Waals surface area contributed by atoms with E-state index in [1.807, 2.05) is 43.3 Å². The molecule has 0 unspecified atom stereocenters. The summed E-state index contributed by atoms with van der Waals surface area (Å²) in [6, 6.07) is 14.7. The van der Waals surface area contributed by atoms with Crippen LogP contribution in [0.2, 0.25) is 0 Å². The van der Waals surface area contributed by atoms with Crippen LogP contribution in [0.4, 0.5) is 5.69 Å². The first-order valence-corrected chi connectivity index (χ1v) is 8.61. The molecule has 134 valence electrons. The first-order chi connectivity index (χ1) is 13.1. The van der Waals surface area contributed by atoms with Gasteiger partial charge in [0.25, 0.3) is 5.56 Å². The number of rotatable bonds is 3. The molecule has 6 heteroatoms. The summed E-state index contributed by atoms with van der Waals surface area (Å²) < 4.78 is 1.09. The highest BCUT2D eigenvalue weighted by atomic mass is 16.3. The Morgan fingerprint density at radius 3 is 2.59 bits per heavy atom. The van der Waals surface area contributed by atoms with Crippen LogP contribution in [0.25, 0.3) is 17.3 Å². The number of allylic oxidation sites excluding steroid dienone is 1. The summed E-state index contributed by atoms with van der Waals surface area (Å²) in [7, 11) is 0. The van der Waals surface area contributed by atoms with Crippen molar-refractivity contribution in [2.24, 2.45) is 4.99 Å². The van der Waals surface area contributed by atoms with Crippen LogP contribution in [0.5, 0.6) is 5.88 Å². The number of nitrogens with one attached hydrogen (secondary N) is 1. The fourth-order valence-electron chi connectivity index (χ4n) is 3.10. The molecule has 1 aliphatic heterocycles. The number of aromatic amines is 1. The van der Waals surface area contributed by atoms with E-state index in [9.17, 15) is 14.7 Å². The summed E-state index contributed by atoms with van der Waals surface area (Å²) in [4.78, 5) is 31.2. The highest BCUT2D eigenvalue weighted by Gasteiger charge is 2.17. The number of fused-ring (bicyclic) bond motifs is 1. The number of aryl methyl sites for hydroxylation is 1. The predicted octanol–water partition coefficient (Wildman–Crippen LogP) is 3.05. The monoisotopic (exact) mass is 359 g/mol. The predicted molar refractivity (Wildman–Crippen MR) is 106 cm³/mol. The van der Waals surface area contributed by atoms with Crippen molar-refractivity contribution in [1.82, 2.24) is 9.55 Å². The Hall–Kier alpha value is -3.67. The van der Waals surface area contributed by atoms with Gasteiger partial charge >= 0.3 is 5.69 Å². The van der Waals surface area contributed by atoms with Crippen LogP contribution in [0, 0.1) is 0 Å². The summed E-state index contributed by atoms with van der Waals surface area (Å²) in [5.41, 5.74) is 2.60. The van der Waals surface area contributed by atoms with Gasteiger partial charge in [-0.15, -0.1) is 0 Å². The van der Waals surface area contributed by atoms with Gasteiger partial charge in [-0.25, -0.2) is 9.36 Å². The molecule has 0 fully saturated rings. The molecule has 2 N–H and O–H groups in total. The Kier molecular flexibility index (Phi) is 4.08. The highest BCUT2D eigenvalue weighted by Crippen LogP contribution is 2.32. The molecule has 0 atom stereocenters. The number of hydrogen-bond acceptors (Lipinski definition) is 4. The second kappa shape index (κ2) is 6.57. The molecule has 3 aromatic rings. The molecule has 0 radical (unpaired) electrons. The zero-order chi connectivity index (χ0) is 19.0. The second-order valence-corrected chi connectivity index (χ2v) is 6.23. The SMILES string of the molecule is CCc1ccc(-n2c(O)c(C=C3C=Nc4ccccc43)c(=O)[nH]c2=O)cc1. The lowest BCUT2D eigenvalue weighted by Crippen LogP contribution is -2.30. The van der Waals surface area contributed by atoms with Crippen molar-refractivity contribution >= 4 is 23.6 Å². The van der Waals surface area contributed by atoms with Crippen molar-refractivity contribution in [1.29, 1.82) is 0 Å². The number of benzene rings is 2. The van der Waals surface area contributed by atoms with Crippen LogP contribution in [0.15, 0.2) is 63.1 Å². The van der Waals surface area contributed by atoms with Gasteiger partial charge in [-0.05, 0) is 36.3 Å². The van der Waals surface area contributed by atoms with E-state index in [2.05, 4.69) is 9.98 Å². The van der Waals surface area contributed by atoms with Crippen LogP contribution >= 0.6 is 0 Å². The van der Waals surface area contributed by atoms with Crippen LogP contribution in [-0.2, 0) is 6.42 Å². The van der Waals surface area contributed by atoms with Crippen molar-refractivity contribution in [3.63, 3.8) is 0 Å². The lowest BCUT2D eigenvalue weighted by molar-refractivity contribution is 0.429. The van der Waals surface area contributed by atoms with Crippen molar-refractivity contribution in [2.45, 2.75) is 13.3 Å². The second-order valence-electron chi connectivity index (χ2n) is 6.23. The van der Waals surface area contributed by atoms with E-state index in [4.69, 9.17) is 0 Å².